The number of benzene rings is 2. The number of pyridine rings is 1. The normalized spacial score (nSPS) is 10.4. The van der Waals surface area contributed by atoms with Gasteiger partial charge in [0.25, 0.3) is 0 Å². The molecule has 1 heterocycles. The molecule has 2 aromatic carbocycles. The zero-order valence-electron chi connectivity index (χ0n) is 24.0. The fourth-order valence-corrected chi connectivity index (χ4v) is 4.27. The van der Waals surface area contributed by atoms with Crippen molar-refractivity contribution in [3.63, 3.8) is 0 Å². The first kappa shape index (κ1) is 38.0. The van der Waals surface area contributed by atoms with E-state index in [1.54, 1.807) is 0 Å². The maximum atomic E-state index is 12.0. The Hall–Kier alpha value is -9.41. The van der Waals surface area contributed by atoms with Crippen LogP contribution in [0.1, 0.15) is 0 Å². The minimum Gasteiger partial charge on any atom is -0.323 e. The standard InChI is InChI=1S/C17H4N14O22/c32-21(33)3-1-4(22(34)35)9(25(40)41)10(26(42)43)7(3)18-16-5(23(36)37)2-6(24(38)39)17(20-16)19-8-11(27(44)45)13(29(48)49)15(31(52)53)14(30(50)51)12(8)28(46)47/h1-2H,(H2,18,19,20). The van der Waals surface area contributed by atoms with Crippen LogP contribution >= 0.6 is 0 Å². The van der Waals surface area contributed by atoms with Gasteiger partial charge < -0.3 is 10.6 Å². The average molecular weight is 756 g/mol. The van der Waals surface area contributed by atoms with Crippen LogP contribution in [-0.4, -0.2) is 59.1 Å². The number of nitro benzene ring substituents is 9. The highest BCUT2D eigenvalue weighted by atomic mass is 16.7. The monoisotopic (exact) mass is 756 g/mol. The summed E-state index contributed by atoms with van der Waals surface area (Å²) in [6, 6.07) is -0.479. The Morgan fingerprint density at radius 3 is 0.887 bits per heavy atom. The van der Waals surface area contributed by atoms with Gasteiger partial charge in [0.2, 0.25) is 23.0 Å². The topological polar surface area (TPSA) is 511 Å². The van der Waals surface area contributed by atoms with Crippen molar-refractivity contribution in [1.82, 2.24) is 4.98 Å². The molecule has 0 spiro atoms. The van der Waals surface area contributed by atoms with E-state index in [4.69, 9.17) is 0 Å². The first-order valence-electron chi connectivity index (χ1n) is 12.1. The molecule has 3 aromatic rings. The van der Waals surface area contributed by atoms with Crippen molar-refractivity contribution >= 4 is 85.6 Å². The molecule has 0 radical (unpaired) electrons. The highest BCUT2D eigenvalue weighted by Crippen LogP contribution is 2.56. The van der Waals surface area contributed by atoms with Crippen LogP contribution in [0.15, 0.2) is 12.1 Å². The van der Waals surface area contributed by atoms with Crippen molar-refractivity contribution in [3.8, 4) is 0 Å². The fourth-order valence-electron chi connectivity index (χ4n) is 4.27. The Kier molecular flexibility index (Phi) is 9.76. The lowest BCUT2D eigenvalue weighted by Crippen LogP contribution is -2.13. The third-order valence-electron chi connectivity index (χ3n) is 6.14. The summed E-state index contributed by atoms with van der Waals surface area (Å²) in [5.41, 5.74) is -27.6. The van der Waals surface area contributed by atoms with Crippen molar-refractivity contribution in [3.05, 3.63) is 123 Å². The molecule has 0 saturated carbocycles. The van der Waals surface area contributed by atoms with Crippen molar-refractivity contribution < 1.29 is 54.2 Å². The highest BCUT2D eigenvalue weighted by Gasteiger charge is 2.55. The highest BCUT2D eigenvalue weighted by molar-refractivity contribution is 5.97. The van der Waals surface area contributed by atoms with E-state index >= 15 is 0 Å². The summed E-state index contributed by atoms with van der Waals surface area (Å²) in [5, 5.41) is 132. The minimum absolute atomic E-state index is 0.235. The van der Waals surface area contributed by atoms with E-state index in [0.29, 0.717) is 0 Å². The second kappa shape index (κ2) is 13.6. The molecule has 36 nitrogen and oxygen atoms in total. The zero-order valence-corrected chi connectivity index (χ0v) is 24.0. The van der Waals surface area contributed by atoms with E-state index in [-0.39, 0.29) is 12.1 Å². The predicted octanol–water partition coefficient (Wildman–Crippen LogP) is 3.56. The van der Waals surface area contributed by atoms with Crippen molar-refractivity contribution in [2.24, 2.45) is 0 Å². The third kappa shape index (κ3) is 6.67. The molecule has 0 aliphatic rings. The SMILES string of the molecule is O=[N+]([O-])c1cc([N+](=O)[O-])c(Nc2c([N+](=O)[O-])c([N+](=O)[O-])c([N+](=O)[O-])c([N+](=O)[O-])c2[N+](=O)[O-])nc1Nc1c([N+](=O)[O-])cc([N+](=O)[O-])c([N+](=O)[O-])c1[N+](=O)[O-]. The number of hydrogen-bond donors (Lipinski definition) is 2. The summed E-state index contributed by atoms with van der Waals surface area (Å²) in [6.07, 6.45) is 0. The molecule has 0 aliphatic carbocycles. The molecule has 53 heavy (non-hydrogen) atoms. The largest absolute Gasteiger partial charge is 0.437 e. The van der Waals surface area contributed by atoms with Crippen LogP contribution in [-0.2, 0) is 0 Å². The third-order valence-corrected chi connectivity index (χ3v) is 6.14. The Balaban J connectivity index is 2.65. The number of nitrogens with one attached hydrogen (secondary N) is 2. The lowest BCUT2D eigenvalue weighted by atomic mass is 10.1. The van der Waals surface area contributed by atoms with Gasteiger partial charge in [-0.15, -0.1) is 0 Å². The van der Waals surface area contributed by atoms with Crippen LogP contribution in [0, 0.1) is 111 Å². The summed E-state index contributed by atoms with van der Waals surface area (Å²) in [5.74, 6) is -3.57. The van der Waals surface area contributed by atoms with Crippen LogP contribution < -0.4 is 10.6 Å². The van der Waals surface area contributed by atoms with Gasteiger partial charge in [-0.1, -0.05) is 0 Å². The second-order valence-electron chi connectivity index (χ2n) is 8.91. The van der Waals surface area contributed by atoms with Gasteiger partial charge in [-0.3, -0.25) is 111 Å². The molecular weight excluding hydrogens is 752 g/mol. The van der Waals surface area contributed by atoms with Gasteiger partial charge in [0.15, 0.2) is 0 Å². The Labute approximate surface area is 279 Å². The number of anilines is 4. The fraction of sp³-hybridized carbons (Fsp3) is 0. The summed E-state index contributed by atoms with van der Waals surface area (Å²) < 4.78 is 0. The Morgan fingerprint density at radius 1 is 0.321 bits per heavy atom. The van der Waals surface area contributed by atoms with Crippen LogP contribution in [0.2, 0.25) is 0 Å². The van der Waals surface area contributed by atoms with E-state index in [2.05, 4.69) is 4.98 Å². The summed E-state index contributed by atoms with van der Waals surface area (Å²) >= 11 is 0. The van der Waals surface area contributed by atoms with Gasteiger partial charge in [-0.2, -0.15) is 4.98 Å². The van der Waals surface area contributed by atoms with Crippen LogP contribution in [0.4, 0.5) is 85.6 Å². The molecule has 0 fully saturated rings. The van der Waals surface area contributed by atoms with Gasteiger partial charge in [0, 0.05) is 0 Å². The van der Waals surface area contributed by atoms with Crippen molar-refractivity contribution in [2.75, 3.05) is 10.6 Å². The smallest absolute Gasteiger partial charge is 0.323 e. The Morgan fingerprint density at radius 2 is 0.585 bits per heavy atom. The first-order valence-corrected chi connectivity index (χ1v) is 12.1. The first-order chi connectivity index (χ1) is 24.5. The average Bonchev–Trinajstić information content (AvgIpc) is 3.02. The predicted molar refractivity (Wildman–Crippen MR) is 157 cm³/mol. The molecule has 0 bridgehead atoms. The van der Waals surface area contributed by atoms with E-state index < -0.39 is 140 Å². The van der Waals surface area contributed by atoms with E-state index in [0.717, 1.165) is 0 Å². The quantitative estimate of drug-likeness (QED) is 0.165. The number of rotatable bonds is 15. The zero-order chi connectivity index (χ0) is 40.5. The van der Waals surface area contributed by atoms with Crippen molar-refractivity contribution in [2.45, 2.75) is 0 Å². The van der Waals surface area contributed by atoms with Crippen LogP contribution in [0.5, 0.6) is 0 Å². The number of nitrogens with zero attached hydrogens (tertiary/aromatic N) is 12. The molecular formula is C17H4N14O22. The summed E-state index contributed by atoms with van der Waals surface area (Å²) in [4.78, 5) is 112. The van der Waals surface area contributed by atoms with Gasteiger partial charge in [-0.05, 0) is 0 Å². The molecule has 0 saturated heterocycles. The Bertz CT molecular complexity index is 2270. The van der Waals surface area contributed by atoms with Gasteiger partial charge >= 0.3 is 62.6 Å². The molecule has 3 rings (SSSR count). The summed E-state index contributed by atoms with van der Waals surface area (Å²) in [7, 11) is 0. The number of aromatic nitrogens is 1. The van der Waals surface area contributed by atoms with Gasteiger partial charge in [0.1, 0.15) is 12.1 Å². The molecule has 2 N–H and O–H groups in total. The molecule has 1 aromatic heterocycles. The van der Waals surface area contributed by atoms with Gasteiger partial charge in [0.05, 0.1) is 54.2 Å². The van der Waals surface area contributed by atoms with Crippen molar-refractivity contribution in [1.29, 1.82) is 0 Å². The maximum Gasteiger partial charge on any atom is 0.437 e. The second-order valence-corrected chi connectivity index (χ2v) is 8.91. The lowest BCUT2D eigenvalue weighted by molar-refractivity contribution is -0.459. The summed E-state index contributed by atoms with van der Waals surface area (Å²) in [6.45, 7) is 0. The molecule has 0 unspecified atom stereocenters. The number of nitro groups is 11. The molecule has 0 atom stereocenters. The molecule has 274 valence electrons. The molecule has 36 heteroatoms. The maximum absolute atomic E-state index is 12.0. The van der Waals surface area contributed by atoms with E-state index in [1.165, 1.54) is 10.6 Å². The lowest BCUT2D eigenvalue weighted by Gasteiger charge is -2.12. The molecule has 0 aliphatic heterocycles. The van der Waals surface area contributed by atoms with Gasteiger partial charge in [-0.25, -0.2) is 0 Å². The van der Waals surface area contributed by atoms with Crippen LogP contribution in [0.3, 0.4) is 0 Å². The van der Waals surface area contributed by atoms with E-state index in [9.17, 15) is 111 Å². The van der Waals surface area contributed by atoms with E-state index in [1.807, 2.05) is 0 Å². The molecule has 0 amide bonds. The van der Waals surface area contributed by atoms with Crippen LogP contribution in [0.25, 0.3) is 0 Å². The minimum atomic E-state index is -2.45. The number of hydrogen-bond acceptors (Lipinski definition) is 25.